The summed E-state index contributed by atoms with van der Waals surface area (Å²) >= 11 is 0. The van der Waals surface area contributed by atoms with Crippen LogP contribution in [0.5, 0.6) is 5.75 Å². The number of methoxy groups -OCH3 is 1. The minimum atomic E-state index is -0.526. The lowest BCUT2D eigenvalue weighted by atomic mass is 9.92. The van der Waals surface area contributed by atoms with E-state index in [1.165, 1.54) is 7.11 Å². The maximum atomic E-state index is 11.8. The van der Waals surface area contributed by atoms with Crippen LogP contribution in [0.2, 0.25) is 0 Å². The monoisotopic (exact) mass is 246 g/mol. The Kier molecular flexibility index (Phi) is 2.40. The number of benzene rings is 1. The average Bonchev–Trinajstić information content (AvgIpc) is 3.19. The zero-order valence-electron chi connectivity index (χ0n) is 10.2. The van der Waals surface area contributed by atoms with Gasteiger partial charge in [-0.25, -0.2) is 0 Å². The maximum Gasteiger partial charge on any atom is 0.316 e. The largest absolute Gasteiger partial charge is 0.492 e. The Morgan fingerprint density at radius 3 is 2.83 bits per heavy atom. The summed E-state index contributed by atoms with van der Waals surface area (Å²) in [5.74, 6) is 0.487. The minimum absolute atomic E-state index is 0.0822. The second-order valence-electron chi connectivity index (χ2n) is 4.81. The van der Waals surface area contributed by atoms with Gasteiger partial charge in [0.05, 0.1) is 24.7 Å². The number of fused-ring (bicyclic) bond motifs is 1. The van der Waals surface area contributed by atoms with Gasteiger partial charge in [-0.05, 0) is 30.5 Å². The quantitative estimate of drug-likeness (QED) is 0.747. The molecule has 0 saturated heterocycles. The first-order chi connectivity index (χ1) is 8.67. The second-order valence-corrected chi connectivity index (χ2v) is 4.81. The number of hydrogen-bond acceptors (Lipinski definition) is 4. The third-order valence-corrected chi connectivity index (χ3v) is 3.75. The van der Waals surface area contributed by atoms with E-state index < -0.39 is 5.41 Å². The van der Waals surface area contributed by atoms with Crippen molar-refractivity contribution in [3.05, 3.63) is 29.3 Å². The van der Waals surface area contributed by atoms with Gasteiger partial charge < -0.3 is 9.47 Å². The van der Waals surface area contributed by atoms with Crippen LogP contribution < -0.4 is 4.74 Å². The van der Waals surface area contributed by atoms with Gasteiger partial charge in [0.25, 0.3) is 0 Å². The Balaban J connectivity index is 2.02. The van der Waals surface area contributed by atoms with Crippen LogP contribution >= 0.6 is 0 Å². The highest BCUT2D eigenvalue weighted by atomic mass is 16.5. The van der Waals surface area contributed by atoms with Crippen molar-refractivity contribution in [2.45, 2.75) is 24.7 Å². The standard InChI is InChI=1S/C14H14O4/c1-17-13(16)14(5-6-14)9-2-3-12-10(8-9)11(15)4-7-18-12/h2-3,8H,4-7H2,1H3. The first-order valence-corrected chi connectivity index (χ1v) is 6.06. The Bertz CT molecular complexity index is 529. The number of carbonyl (C=O) groups is 2. The molecule has 1 aliphatic heterocycles. The maximum absolute atomic E-state index is 11.8. The molecule has 0 spiro atoms. The van der Waals surface area contributed by atoms with Gasteiger partial charge in [-0.2, -0.15) is 0 Å². The number of ether oxygens (including phenoxy) is 2. The van der Waals surface area contributed by atoms with E-state index in [1.807, 2.05) is 6.07 Å². The minimum Gasteiger partial charge on any atom is -0.492 e. The van der Waals surface area contributed by atoms with Gasteiger partial charge in [0.15, 0.2) is 5.78 Å². The molecule has 1 heterocycles. The van der Waals surface area contributed by atoms with Crippen LogP contribution in [0.25, 0.3) is 0 Å². The number of rotatable bonds is 2. The van der Waals surface area contributed by atoms with Crippen molar-refractivity contribution < 1.29 is 19.1 Å². The fourth-order valence-electron chi connectivity index (χ4n) is 2.49. The second kappa shape index (κ2) is 3.83. The van der Waals surface area contributed by atoms with Crippen LogP contribution in [0.4, 0.5) is 0 Å². The first kappa shape index (κ1) is 11.3. The molecule has 1 aliphatic carbocycles. The van der Waals surface area contributed by atoms with Crippen LogP contribution in [0.3, 0.4) is 0 Å². The van der Waals surface area contributed by atoms with E-state index in [9.17, 15) is 9.59 Å². The van der Waals surface area contributed by atoms with E-state index in [-0.39, 0.29) is 11.8 Å². The van der Waals surface area contributed by atoms with Crippen LogP contribution in [-0.2, 0) is 14.9 Å². The molecule has 0 amide bonds. The predicted molar refractivity (Wildman–Crippen MR) is 63.8 cm³/mol. The molecule has 1 fully saturated rings. The van der Waals surface area contributed by atoms with Crippen molar-refractivity contribution >= 4 is 11.8 Å². The molecule has 1 aromatic carbocycles. The molecular weight excluding hydrogens is 232 g/mol. The normalized spacial score (nSPS) is 19.7. The molecule has 0 aromatic heterocycles. The Morgan fingerprint density at radius 2 is 2.17 bits per heavy atom. The van der Waals surface area contributed by atoms with Crippen molar-refractivity contribution in [1.82, 2.24) is 0 Å². The number of ketones is 1. The lowest BCUT2D eigenvalue weighted by molar-refractivity contribution is -0.143. The summed E-state index contributed by atoms with van der Waals surface area (Å²) in [6.07, 6.45) is 1.97. The van der Waals surface area contributed by atoms with E-state index >= 15 is 0 Å². The molecule has 18 heavy (non-hydrogen) atoms. The number of carbonyl (C=O) groups excluding carboxylic acids is 2. The molecule has 3 rings (SSSR count). The first-order valence-electron chi connectivity index (χ1n) is 6.06. The third kappa shape index (κ3) is 1.52. The molecule has 0 radical (unpaired) electrons. The molecular formula is C14H14O4. The number of Topliss-reactive ketones (excluding diaryl/α,β-unsaturated/α-hetero) is 1. The van der Waals surface area contributed by atoms with Gasteiger partial charge in [-0.1, -0.05) is 6.07 Å². The van der Waals surface area contributed by atoms with Crippen LogP contribution in [0.15, 0.2) is 18.2 Å². The molecule has 1 aromatic rings. The summed E-state index contributed by atoms with van der Waals surface area (Å²) < 4.78 is 10.3. The van der Waals surface area contributed by atoms with Crippen LogP contribution in [-0.4, -0.2) is 25.5 Å². The summed E-state index contributed by atoms with van der Waals surface area (Å²) in [6.45, 7) is 0.438. The molecule has 4 nitrogen and oxygen atoms in total. The fourth-order valence-corrected chi connectivity index (χ4v) is 2.49. The SMILES string of the molecule is COC(=O)C1(c2ccc3c(c2)C(=O)CCO3)CC1. The molecule has 1 saturated carbocycles. The molecule has 0 N–H and O–H groups in total. The molecule has 4 heteroatoms. The zero-order chi connectivity index (χ0) is 12.8. The van der Waals surface area contributed by atoms with Gasteiger partial charge >= 0.3 is 5.97 Å². The highest BCUT2D eigenvalue weighted by Gasteiger charge is 2.52. The summed E-state index contributed by atoms with van der Waals surface area (Å²) in [5.41, 5.74) is 0.933. The Hall–Kier alpha value is -1.84. The average molecular weight is 246 g/mol. The molecule has 2 aliphatic rings. The van der Waals surface area contributed by atoms with Crippen molar-refractivity contribution in [3.63, 3.8) is 0 Å². The van der Waals surface area contributed by atoms with Crippen LogP contribution in [0.1, 0.15) is 35.2 Å². The molecule has 0 unspecified atom stereocenters. The lowest BCUT2D eigenvalue weighted by Crippen LogP contribution is -2.23. The highest BCUT2D eigenvalue weighted by Crippen LogP contribution is 2.50. The Morgan fingerprint density at radius 1 is 1.39 bits per heavy atom. The lowest BCUT2D eigenvalue weighted by Gasteiger charge is -2.19. The van der Waals surface area contributed by atoms with E-state index in [4.69, 9.17) is 9.47 Å². The van der Waals surface area contributed by atoms with Gasteiger partial charge in [0.2, 0.25) is 0 Å². The predicted octanol–water partition coefficient (Wildman–Crippen LogP) is 1.86. The molecule has 0 atom stereocenters. The van der Waals surface area contributed by atoms with E-state index in [0.29, 0.717) is 24.3 Å². The van der Waals surface area contributed by atoms with E-state index in [2.05, 4.69) is 0 Å². The Labute approximate surface area is 105 Å². The van der Waals surface area contributed by atoms with E-state index in [0.717, 1.165) is 18.4 Å². The smallest absolute Gasteiger partial charge is 0.316 e. The fraction of sp³-hybridized carbons (Fsp3) is 0.429. The van der Waals surface area contributed by atoms with Crippen molar-refractivity contribution in [1.29, 1.82) is 0 Å². The number of hydrogen-bond donors (Lipinski definition) is 0. The van der Waals surface area contributed by atoms with Crippen molar-refractivity contribution in [2.75, 3.05) is 13.7 Å². The number of esters is 1. The zero-order valence-corrected chi connectivity index (χ0v) is 10.2. The third-order valence-electron chi connectivity index (χ3n) is 3.75. The van der Waals surface area contributed by atoms with Gasteiger partial charge in [-0.15, -0.1) is 0 Å². The van der Waals surface area contributed by atoms with E-state index in [1.54, 1.807) is 12.1 Å². The van der Waals surface area contributed by atoms with Gasteiger partial charge in [0.1, 0.15) is 5.75 Å². The van der Waals surface area contributed by atoms with Crippen molar-refractivity contribution in [3.8, 4) is 5.75 Å². The molecule has 0 bridgehead atoms. The van der Waals surface area contributed by atoms with Crippen molar-refractivity contribution in [2.24, 2.45) is 0 Å². The summed E-state index contributed by atoms with van der Waals surface area (Å²) in [5, 5.41) is 0. The highest BCUT2D eigenvalue weighted by molar-refractivity contribution is 6.00. The summed E-state index contributed by atoms with van der Waals surface area (Å²) in [6, 6.07) is 5.44. The van der Waals surface area contributed by atoms with Gasteiger partial charge in [0, 0.05) is 6.42 Å². The van der Waals surface area contributed by atoms with Crippen LogP contribution in [0, 0.1) is 0 Å². The topological polar surface area (TPSA) is 52.6 Å². The van der Waals surface area contributed by atoms with Gasteiger partial charge in [-0.3, -0.25) is 9.59 Å². The summed E-state index contributed by atoms with van der Waals surface area (Å²) in [4.78, 5) is 23.6. The summed E-state index contributed by atoms with van der Waals surface area (Å²) in [7, 11) is 1.40. The molecule has 94 valence electrons.